The molecular formula is C25H32N2O2. The highest BCUT2D eigenvalue weighted by atomic mass is 16.5. The molecule has 3 aliphatic rings. The Labute approximate surface area is 174 Å². The maximum atomic E-state index is 6.38. The van der Waals surface area contributed by atoms with E-state index in [-0.39, 0.29) is 11.0 Å². The number of para-hydroxylation sites is 1. The molecule has 3 heterocycles. The van der Waals surface area contributed by atoms with Crippen molar-refractivity contribution in [2.75, 3.05) is 19.8 Å². The molecule has 2 aliphatic heterocycles. The molecule has 4 heteroatoms. The fraction of sp³-hybridized carbons (Fsp3) is 0.560. The summed E-state index contributed by atoms with van der Waals surface area (Å²) >= 11 is 0. The van der Waals surface area contributed by atoms with E-state index in [1.165, 1.54) is 36.9 Å². The van der Waals surface area contributed by atoms with Crippen LogP contribution in [0, 0.1) is 0 Å². The van der Waals surface area contributed by atoms with E-state index in [1.54, 1.807) is 0 Å². The predicted molar refractivity (Wildman–Crippen MR) is 114 cm³/mol. The third kappa shape index (κ3) is 3.80. The molecular weight excluding hydrogens is 360 g/mol. The Bertz CT molecular complexity index is 819. The summed E-state index contributed by atoms with van der Waals surface area (Å²) in [7, 11) is 0. The lowest BCUT2D eigenvalue weighted by atomic mass is 9.68. The summed E-state index contributed by atoms with van der Waals surface area (Å²) in [5, 5.41) is 3.85. The van der Waals surface area contributed by atoms with E-state index in [0.29, 0.717) is 6.04 Å². The summed E-state index contributed by atoms with van der Waals surface area (Å²) in [6, 6.07) is 15.2. The van der Waals surface area contributed by atoms with E-state index < -0.39 is 0 Å². The fourth-order valence-electron chi connectivity index (χ4n) is 5.84. The van der Waals surface area contributed by atoms with Gasteiger partial charge in [-0.3, -0.25) is 4.98 Å². The topological polar surface area (TPSA) is 43.4 Å². The van der Waals surface area contributed by atoms with Crippen LogP contribution in [0.5, 0.6) is 5.75 Å². The molecule has 5 rings (SSSR count). The number of nitrogens with zero attached hydrogens (tertiary/aromatic N) is 1. The molecule has 2 atom stereocenters. The largest absolute Gasteiger partial charge is 0.493 e. The lowest BCUT2D eigenvalue weighted by Crippen LogP contribution is -2.47. The zero-order chi connectivity index (χ0) is 19.6. The lowest BCUT2D eigenvalue weighted by molar-refractivity contribution is -0.104. The van der Waals surface area contributed by atoms with Crippen LogP contribution in [0.4, 0.5) is 0 Å². The van der Waals surface area contributed by atoms with Crippen molar-refractivity contribution >= 4 is 0 Å². The highest BCUT2D eigenvalue weighted by Crippen LogP contribution is 2.49. The maximum Gasteiger partial charge on any atom is 0.124 e. The average molecular weight is 393 g/mol. The van der Waals surface area contributed by atoms with Gasteiger partial charge in [0.05, 0.1) is 12.2 Å². The van der Waals surface area contributed by atoms with Crippen molar-refractivity contribution in [3.63, 3.8) is 0 Å². The van der Waals surface area contributed by atoms with Crippen molar-refractivity contribution in [1.82, 2.24) is 10.3 Å². The first-order chi connectivity index (χ1) is 14.3. The number of fused-ring (bicyclic) bond motifs is 1. The maximum absolute atomic E-state index is 6.38. The van der Waals surface area contributed by atoms with Crippen molar-refractivity contribution < 1.29 is 9.47 Å². The second-order valence-corrected chi connectivity index (χ2v) is 9.09. The van der Waals surface area contributed by atoms with Crippen molar-refractivity contribution in [1.29, 1.82) is 0 Å². The van der Waals surface area contributed by atoms with Gasteiger partial charge in [-0.2, -0.15) is 0 Å². The van der Waals surface area contributed by atoms with Gasteiger partial charge < -0.3 is 14.8 Å². The summed E-state index contributed by atoms with van der Waals surface area (Å²) in [5.74, 6) is 1.03. The molecule has 1 unspecified atom stereocenters. The monoisotopic (exact) mass is 392 g/mol. The SMILES string of the molecule is c1ccc(C2(CCN[C@@H]3CCOc4ccccc43)CCOC3(CCCC3)C2)nc1. The number of benzene rings is 1. The summed E-state index contributed by atoms with van der Waals surface area (Å²) < 4.78 is 12.2. The van der Waals surface area contributed by atoms with Crippen LogP contribution in [0.25, 0.3) is 0 Å². The normalized spacial score (nSPS) is 28.1. The van der Waals surface area contributed by atoms with E-state index in [4.69, 9.17) is 14.5 Å². The Hall–Kier alpha value is -1.91. The van der Waals surface area contributed by atoms with Gasteiger partial charge in [0, 0.05) is 41.9 Å². The first-order valence-electron chi connectivity index (χ1n) is 11.3. The standard InChI is InChI=1S/C25H32N2O2/c1-2-8-22-20(7-1)21(10-17-28-22)26-16-13-24(23-9-3-6-15-27-23)14-18-29-25(19-24)11-4-5-12-25/h1-3,6-9,15,21,26H,4-5,10-14,16-19H2/t21-,24?/m1/s1. The van der Waals surface area contributed by atoms with Crippen LogP contribution in [0.3, 0.4) is 0 Å². The van der Waals surface area contributed by atoms with E-state index >= 15 is 0 Å². The van der Waals surface area contributed by atoms with Crippen LogP contribution in [0.1, 0.15) is 68.7 Å². The van der Waals surface area contributed by atoms with Gasteiger partial charge in [0.1, 0.15) is 5.75 Å². The Morgan fingerprint density at radius 1 is 1.00 bits per heavy atom. The van der Waals surface area contributed by atoms with Gasteiger partial charge in [-0.05, 0) is 56.8 Å². The zero-order valence-electron chi connectivity index (χ0n) is 17.2. The molecule has 0 radical (unpaired) electrons. The van der Waals surface area contributed by atoms with Gasteiger partial charge in [-0.25, -0.2) is 0 Å². The third-order valence-electron chi connectivity index (χ3n) is 7.33. The molecule has 1 saturated heterocycles. The third-order valence-corrected chi connectivity index (χ3v) is 7.33. The van der Waals surface area contributed by atoms with E-state index in [9.17, 15) is 0 Å². The molecule has 1 aliphatic carbocycles. The summed E-state index contributed by atoms with van der Waals surface area (Å²) in [6.07, 6.45) is 11.3. The minimum Gasteiger partial charge on any atom is -0.493 e. The first-order valence-corrected chi connectivity index (χ1v) is 11.3. The highest BCUT2D eigenvalue weighted by molar-refractivity contribution is 5.37. The quantitative estimate of drug-likeness (QED) is 0.782. The van der Waals surface area contributed by atoms with Crippen LogP contribution in [0.15, 0.2) is 48.7 Å². The van der Waals surface area contributed by atoms with Crippen molar-refractivity contribution in [2.24, 2.45) is 0 Å². The molecule has 29 heavy (non-hydrogen) atoms. The molecule has 2 aromatic rings. The number of hydrogen-bond acceptors (Lipinski definition) is 4. The van der Waals surface area contributed by atoms with Crippen molar-refractivity contribution in [3.05, 3.63) is 59.9 Å². The predicted octanol–water partition coefficient (Wildman–Crippen LogP) is 4.95. The molecule has 1 aromatic carbocycles. The van der Waals surface area contributed by atoms with Gasteiger partial charge in [0.25, 0.3) is 0 Å². The second-order valence-electron chi connectivity index (χ2n) is 9.09. The van der Waals surface area contributed by atoms with E-state index in [2.05, 4.69) is 41.7 Å². The molecule has 0 amide bonds. The number of rotatable bonds is 5. The van der Waals surface area contributed by atoms with Crippen molar-refractivity contribution in [2.45, 2.75) is 68.4 Å². The Balaban J connectivity index is 1.34. The molecule has 1 N–H and O–H groups in total. The molecule has 1 saturated carbocycles. The van der Waals surface area contributed by atoms with Gasteiger partial charge >= 0.3 is 0 Å². The van der Waals surface area contributed by atoms with Gasteiger partial charge in [-0.15, -0.1) is 0 Å². The van der Waals surface area contributed by atoms with Crippen LogP contribution in [0.2, 0.25) is 0 Å². The van der Waals surface area contributed by atoms with Crippen LogP contribution >= 0.6 is 0 Å². The molecule has 1 spiro atoms. The number of pyridine rings is 1. The van der Waals surface area contributed by atoms with Gasteiger partial charge in [0.2, 0.25) is 0 Å². The summed E-state index contributed by atoms with van der Waals surface area (Å²) in [6.45, 7) is 2.64. The molecule has 2 fully saturated rings. The molecule has 0 bridgehead atoms. The minimum absolute atomic E-state index is 0.0844. The number of hydrogen-bond donors (Lipinski definition) is 1. The minimum atomic E-state index is 0.0844. The van der Waals surface area contributed by atoms with Crippen molar-refractivity contribution in [3.8, 4) is 5.75 Å². The Morgan fingerprint density at radius 3 is 2.72 bits per heavy atom. The lowest BCUT2D eigenvalue weighted by Gasteiger charge is -2.46. The van der Waals surface area contributed by atoms with Crippen LogP contribution in [-0.2, 0) is 10.2 Å². The smallest absolute Gasteiger partial charge is 0.124 e. The summed E-state index contributed by atoms with van der Waals surface area (Å²) in [4.78, 5) is 4.83. The first kappa shape index (κ1) is 19.1. The molecule has 4 nitrogen and oxygen atoms in total. The van der Waals surface area contributed by atoms with Crippen LogP contribution in [-0.4, -0.2) is 30.3 Å². The number of nitrogens with one attached hydrogen (secondary N) is 1. The highest BCUT2D eigenvalue weighted by Gasteiger charge is 2.48. The number of ether oxygens (including phenoxy) is 2. The number of aromatic nitrogens is 1. The Kier molecular flexibility index (Phi) is 5.31. The zero-order valence-corrected chi connectivity index (χ0v) is 17.2. The Morgan fingerprint density at radius 2 is 1.86 bits per heavy atom. The average Bonchev–Trinajstić information content (AvgIpc) is 3.22. The van der Waals surface area contributed by atoms with Gasteiger partial charge in [-0.1, -0.05) is 37.1 Å². The second kappa shape index (κ2) is 8.08. The molecule has 1 aromatic heterocycles. The van der Waals surface area contributed by atoms with Crippen LogP contribution < -0.4 is 10.1 Å². The molecule has 154 valence electrons. The van der Waals surface area contributed by atoms with E-state index in [1.807, 2.05) is 12.3 Å². The van der Waals surface area contributed by atoms with Gasteiger partial charge in [0.15, 0.2) is 0 Å². The summed E-state index contributed by atoms with van der Waals surface area (Å²) in [5.41, 5.74) is 2.75. The fourth-order valence-corrected chi connectivity index (χ4v) is 5.84. The van der Waals surface area contributed by atoms with E-state index in [0.717, 1.165) is 51.2 Å².